The van der Waals surface area contributed by atoms with Gasteiger partial charge in [-0.05, 0) is 32.4 Å². The molecule has 4 nitrogen and oxygen atoms in total. The zero-order chi connectivity index (χ0) is 14.1. The van der Waals surface area contributed by atoms with E-state index in [0.29, 0.717) is 12.6 Å². The van der Waals surface area contributed by atoms with Crippen LogP contribution in [0.4, 0.5) is 0 Å². The molecular weight excluding hydrogens is 252 g/mol. The lowest BCUT2D eigenvalue weighted by atomic mass is 10.1. The molecule has 0 amide bonds. The Morgan fingerprint density at radius 2 is 2.30 bits per heavy atom. The van der Waals surface area contributed by atoms with Crippen molar-refractivity contribution in [2.75, 3.05) is 6.61 Å². The van der Waals surface area contributed by atoms with Crippen LogP contribution in [0.2, 0.25) is 0 Å². The number of hydrogen-bond acceptors (Lipinski definition) is 3. The molecule has 1 aromatic heterocycles. The average molecular weight is 272 g/mol. The molecule has 0 N–H and O–H groups in total. The SMILES string of the molecule is Cc1ccc2c(c1)CC(COc1cnn(C(C)C)c1)O2. The molecule has 1 aliphatic rings. The third kappa shape index (κ3) is 2.64. The van der Waals surface area contributed by atoms with Gasteiger partial charge in [-0.1, -0.05) is 17.7 Å². The van der Waals surface area contributed by atoms with Crippen molar-refractivity contribution in [3.63, 3.8) is 0 Å². The second-order valence-electron chi connectivity index (χ2n) is 5.62. The zero-order valence-corrected chi connectivity index (χ0v) is 12.2. The molecule has 0 saturated heterocycles. The highest BCUT2D eigenvalue weighted by molar-refractivity contribution is 5.40. The monoisotopic (exact) mass is 272 g/mol. The van der Waals surface area contributed by atoms with Crippen molar-refractivity contribution in [3.8, 4) is 11.5 Å². The van der Waals surface area contributed by atoms with Gasteiger partial charge in [-0.2, -0.15) is 5.10 Å². The number of hydrogen-bond donors (Lipinski definition) is 0. The van der Waals surface area contributed by atoms with E-state index in [1.165, 1.54) is 11.1 Å². The molecule has 0 radical (unpaired) electrons. The fraction of sp³-hybridized carbons (Fsp3) is 0.438. The largest absolute Gasteiger partial charge is 0.486 e. The van der Waals surface area contributed by atoms with Gasteiger partial charge in [0.2, 0.25) is 0 Å². The molecule has 0 bridgehead atoms. The molecule has 20 heavy (non-hydrogen) atoms. The van der Waals surface area contributed by atoms with Crippen molar-refractivity contribution in [1.82, 2.24) is 9.78 Å². The Bertz CT molecular complexity index is 604. The Morgan fingerprint density at radius 3 is 3.05 bits per heavy atom. The summed E-state index contributed by atoms with van der Waals surface area (Å²) >= 11 is 0. The molecule has 1 aliphatic heterocycles. The number of ether oxygens (including phenoxy) is 2. The summed E-state index contributed by atoms with van der Waals surface area (Å²) in [6.07, 6.45) is 4.69. The lowest BCUT2D eigenvalue weighted by Gasteiger charge is -2.11. The van der Waals surface area contributed by atoms with Crippen LogP contribution < -0.4 is 9.47 Å². The molecule has 0 saturated carbocycles. The van der Waals surface area contributed by atoms with Crippen molar-refractivity contribution < 1.29 is 9.47 Å². The van der Waals surface area contributed by atoms with Crippen LogP contribution >= 0.6 is 0 Å². The maximum absolute atomic E-state index is 5.89. The van der Waals surface area contributed by atoms with E-state index in [1.807, 2.05) is 16.9 Å². The van der Waals surface area contributed by atoms with Crippen molar-refractivity contribution >= 4 is 0 Å². The fourth-order valence-electron chi connectivity index (χ4n) is 2.41. The number of benzene rings is 1. The molecule has 2 aromatic rings. The van der Waals surface area contributed by atoms with E-state index in [1.54, 1.807) is 6.20 Å². The molecule has 2 heterocycles. The van der Waals surface area contributed by atoms with E-state index in [2.05, 4.69) is 38.0 Å². The molecule has 1 aromatic carbocycles. The lowest BCUT2D eigenvalue weighted by molar-refractivity contribution is 0.148. The summed E-state index contributed by atoms with van der Waals surface area (Å²) in [5, 5.41) is 4.26. The molecule has 0 aliphatic carbocycles. The highest BCUT2D eigenvalue weighted by Crippen LogP contribution is 2.29. The van der Waals surface area contributed by atoms with Crippen LogP contribution in [0.1, 0.15) is 31.0 Å². The zero-order valence-electron chi connectivity index (χ0n) is 12.2. The third-order valence-electron chi connectivity index (χ3n) is 3.50. The smallest absolute Gasteiger partial charge is 0.157 e. The Hall–Kier alpha value is -1.97. The van der Waals surface area contributed by atoms with E-state index < -0.39 is 0 Å². The van der Waals surface area contributed by atoms with Crippen LogP contribution in [0.25, 0.3) is 0 Å². The first kappa shape index (κ1) is 13.0. The molecular formula is C16H20N2O2. The highest BCUT2D eigenvalue weighted by atomic mass is 16.5. The second kappa shape index (κ2) is 5.19. The molecule has 0 fully saturated rings. The van der Waals surface area contributed by atoms with Crippen LogP contribution in [0.5, 0.6) is 11.5 Å². The molecule has 4 heteroatoms. The van der Waals surface area contributed by atoms with Crippen molar-refractivity contribution in [2.24, 2.45) is 0 Å². The predicted molar refractivity (Wildman–Crippen MR) is 77.4 cm³/mol. The van der Waals surface area contributed by atoms with Gasteiger partial charge in [0.15, 0.2) is 5.75 Å². The first-order chi connectivity index (χ1) is 9.61. The number of rotatable bonds is 4. The van der Waals surface area contributed by atoms with E-state index >= 15 is 0 Å². The number of aromatic nitrogens is 2. The number of fused-ring (bicyclic) bond motifs is 1. The Balaban J connectivity index is 1.58. The normalized spacial score (nSPS) is 17.1. The standard InChI is InChI=1S/C16H20N2O2/c1-11(2)18-9-15(8-17-18)19-10-14-7-13-6-12(3)4-5-16(13)20-14/h4-6,8-9,11,14H,7,10H2,1-3H3. The maximum Gasteiger partial charge on any atom is 0.157 e. The van der Waals surface area contributed by atoms with Gasteiger partial charge in [0.1, 0.15) is 18.5 Å². The van der Waals surface area contributed by atoms with Crippen LogP contribution in [-0.4, -0.2) is 22.5 Å². The summed E-state index contributed by atoms with van der Waals surface area (Å²) in [5.41, 5.74) is 2.55. The molecule has 1 unspecified atom stereocenters. The van der Waals surface area contributed by atoms with E-state index in [0.717, 1.165) is 17.9 Å². The van der Waals surface area contributed by atoms with Gasteiger partial charge >= 0.3 is 0 Å². The molecule has 0 spiro atoms. The van der Waals surface area contributed by atoms with Gasteiger partial charge in [-0.15, -0.1) is 0 Å². The lowest BCUT2D eigenvalue weighted by Crippen LogP contribution is -2.22. The minimum absolute atomic E-state index is 0.0919. The highest BCUT2D eigenvalue weighted by Gasteiger charge is 2.23. The summed E-state index contributed by atoms with van der Waals surface area (Å²) in [6.45, 7) is 6.84. The maximum atomic E-state index is 5.89. The minimum Gasteiger partial charge on any atom is -0.486 e. The van der Waals surface area contributed by atoms with Crippen LogP contribution in [0.3, 0.4) is 0 Å². The minimum atomic E-state index is 0.0919. The Morgan fingerprint density at radius 1 is 1.45 bits per heavy atom. The number of nitrogens with zero attached hydrogens (tertiary/aromatic N) is 2. The average Bonchev–Trinajstić information content (AvgIpc) is 3.01. The summed E-state index contributed by atoms with van der Waals surface area (Å²) in [6, 6.07) is 6.66. The van der Waals surface area contributed by atoms with Gasteiger partial charge < -0.3 is 9.47 Å². The fourth-order valence-corrected chi connectivity index (χ4v) is 2.41. The summed E-state index contributed by atoms with van der Waals surface area (Å²) in [7, 11) is 0. The Kier molecular flexibility index (Phi) is 3.38. The van der Waals surface area contributed by atoms with E-state index in [4.69, 9.17) is 9.47 Å². The van der Waals surface area contributed by atoms with Gasteiger partial charge in [-0.3, -0.25) is 4.68 Å². The van der Waals surface area contributed by atoms with Crippen LogP contribution in [0, 0.1) is 6.92 Å². The number of aryl methyl sites for hydroxylation is 1. The van der Waals surface area contributed by atoms with Crippen molar-refractivity contribution in [1.29, 1.82) is 0 Å². The van der Waals surface area contributed by atoms with Crippen molar-refractivity contribution in [3.05, 3.63) is 41.7 Å². The molecule has 106 valence electrons. The van der Waals surface area contributed by atoms with Crippen LogP contribution in [0.15, 0.2) is 30.6 Å². The first-order valence-electron chi connectivity index (χ1n) is 7.05. The first-order valence-corrected chi connectivity index (χ1v) is 7.05. The third-order valence-corrected chi connectivity index (χ3v) is 3.50. The van der Waals surface area contributed by atoms with Crippen molar-refractivity contribution in [2.45, 2.75) is 39.3 Å². The quantitative estimate of drug-likeness (QED) is 0.857. The Labute approximate surface area is 119 Å². The molecule has 1 atom stereocenters. The van der Waals surface area contributed by atoms with Gasteiger partial charge in [-0.25, -0.2) is 0 Å². The van der Waals surface area contributed by atoms with Crippen LogP contribution in [-0.2, 0) is 6.42 Å². The van der Waals surface area contributed by atoms with Gasteiger partial charge in [0, 0.05) is 12.5 Å². The predicted octanol–water partition coefficient (Wildman–Crippen LogP) is 3.15. The summed E-state index contributed by atoms with van der Waals surface area (Å²) in [4.78, 5) is 0. The molecule has 3 rings (SSSR count). The summed E-state index contributed by atoms with van der Waals surface area (Å²) in [5.74, 6) is 1.79. The topological polar surface area (TPSA) is 36.3 Å². The van der Waals surface area contributed by atoms with Gasteiger partial charge in [0.05, 0.1) is 12.4 Å². The van der Waals surface area contributed by atoms with E-state index in [9.17, 15) is 0 Å². The second-order valence-corrected chi connectivity index (χ2v) is 5.62. The van der Waals surface area contributed by atoms with Gasteiger partial charge in [0.25, 0.3) is 0 Å². The van der Waals surface area contributed by atoms with E-state index in [-0.39, 0.29) is 6.10 Å². The summed E-state index contributed by atoms with van der Waals surface area (Å²) < 4.78 is 13.6.